The van der Waals surface area contributed by atoms with E-state index in [0.717, 1.165) is 0 Å². The summed E-state index contributed by atoms with van der Waals surface area (Å²) in [5.74, 6) is 0.265. The van der Waals surface area contributed by atoms with Gasteiger partial charge in [0.25, 0.3) is 0 Å². The molecule has 2 heterocycles. The highest BCUT2D eigenvalue weighted by atomic mass is 16.7. The summed E-state index contributed by atoms with van der Waals surface area (Å²) in [5, 5.41) is 77.6. The molecule has 2 fully saturated rings. The van der Waals surface area contributed by atoms with Crippen molar-refractivity contribution in [1.29, 1.82) is 0 Å². The van der Waals surface area contributed by atoms with Crippen LogP contribution in [0.3, 0.4) is 0 Å². The fourth-order valence-electron chi connectivity index (χ4n) is 3.35. The molecule has 10 atom stereocenters. The predicted molar refractivity (Wildman–Crippen MR) is 99.4 cm³/mol. The molecule has 12 nitrogen and oxygen atoms in total. The number of rotatable bonds is 7. The zero-order chi connectivity index (χ0) is 22.7. The van der Waals surface area contributed by atoms with Crippen LogP contribution in [-0.4, -0.2) is 115 Å². The average Bonchev–Trinajstić information content (AvgIpc) is 2.78. The molecule has 2 aliphatic rings. The van der Waals surface area contributed by atoms with Crippen LogP contribution in [0.2, 0.25) is 0 Å². The fraction of sp³-hybridized carbons (Fsp3) is 0.684. The van der Waals surface area contributed by atoms with E-state index in [2.05, 4.69) is 0 Å². The molecule has 0 spiro atoms. The highest BCUT2D eigenvalue weighted by Crippen LogP contribution is 2.26. The Labute approximate surface area is 177 Å². The molecule has 2 saturated heterocycles. The van der Waals surface area contributed by atoms with E-state index < -0.39 is 74.6 Å². The van der Waals surface area contributed by atoms with Crippen LogP contribution in [0.25, 0.3) is 0 Å². The normalized spacial score (nSPS) is 41.2. The van der Waals surface area contributed by atoms with Crippen molar-refractivity contribution in [2.45, 2.75) is 68.0 Å². The molecule has 1 aromatic carbocycles. The molecule has 12 heteroatoms. The number of hydrogen-bond acceptors (Lipinski definition) is 12. The monoisotopic (exact) mass is 448 g/mol. The van der Waals surface area contributed by atoms with Gasteiger partial charge in [-0.3, -0.25) is 0 Å². The Balaban J connectivity index is 1.56. The van der Waals surface area contributed by atoms with E-state index in [1.54, 1.807) is 12.1 Å². The van der Waals surface area contributed by atoms with Gasteiger partial charge < -0.3 is 59.8 Å². The van der Waals surface area contributed by atoms with Gasteiger partial charge in [-0.05, 0) is 17.7 Å². The highest BCUT2D eigenvalue weighted by molar-refractivity contribution is 5.27. The molecule has 0 aromatic heterocycles. The first-order valence-corrected chi connectivity index (χ1v) is 9.75. The van der Waals surface area contributed by atoms with Gasteiger partial charge in [-0.15, -0.1) is 0 Å². The van der Waals surface area contributed by atoms with Crippen LogP contribution in [-0.2, 0) is 20.8 Å². The largest absolute Gasteiger partial charge is 0.462 e. The van der Waals surface area contributed by atoms with Crippen molar-refractivity contribution >= 4 is 0 Å². The molecule has 1 aromatic rings. The summed E-state index contributed by atoms with van der Waals surface area (Å²) < 4.78 is 21.5. The van der Waals surface area contributed by atoms with Gasteiger partial charge in [0.1, 0.15) is 54.6 Å². The van der Waals surface area contributed by atoms with Crippen molar-refractivity contribution in [3.8, 4) is 5.75 Å². The van der Waals surface area contributed by atoms with E-state index >= 15 is 0 Å². The second kappa shape index (κ2) is 10.5. The molecule has 0 bridgehead atoms. The number of ether oxygens (including phenoxy) is 4. The van der Waals surface area contributed by atoms with Crippen LogP contribution >= 0.6 is 0 Å². The minimum atomic E-state index is -1.55. The zero-order valence-corrected chi connectivity index (χ0v) is 16.4. The maximum atomic E-state index is 10.0. The summed E-state index contributed by atoms with van der Waals surface area (Å²) in [6.45, 7) is -1.17. The molecule has 0 amide bonds. The molecule has 176 valence electrons. The molecule has 8 N–H and O–H groups in total. The smallest absolute Gasteiger partial charge is 0.229 e. The van der Waals surface area contributed by atoms with Crippen LogP contribution in [0.4, 0.5) is 0 Å². The van der Waals surface area contributed by atoms with Gasteiger partial charge in [0.15, 0.2) is 6.29 Å². The molecule has 0 saturated carbocycles. The summed E-state index contributed by atoms with van der Waals surface area (Å²) in [5.41, 5.74) is 0.623. The van der Waals surface area contributed by atoms with Crippen molar-refractivity contribution in [2.24, 2.45) is 0 Å². The second-order valence-corrected chi connectivity index (χ2v) is 7.47. The van der Waals surface area contributed by atoms with Crippen LogP contribution in [0.5, 0.6) is 5.75 Å². The standard InChI is InChI=1S/C19H28O12/c20-5-10-12(22)14(24)16(26)18(30-10)28-7-8-1-3-9(4-2-8)29-19-17(27)15(25)13(23)11(6-21)31-19/h1-4,10-27H,5-7H2/t10?,11?,12-,13-,14+,15+,16?,17?,18-,19+/m1/s1. The van der Waals surface area contributed by atoms with E-state index in [9.17, 15) is 40.9 Å². The zero-order valence-electron chi connectivity index (χ0n) is 16.4. The minimum absolute atomic E-state index is 0.0387. The van der Waals surface area contributed by atoms with Gasteiger partial charge in [-0.1, -0.05) is 12.1 Å². The van der Waals surface area contributed by atoms with Gasteiger partial charge >= 0.3 is 0 Å². The van der Waals surface area contributed by atoms with Crippen LogP contribution in [0.1, 0.15) is 5.56 Å². The SMILES string of the molecule is OCC1O[C@@H](OCc2ccc(O[C@H]3OC(CO)[C@@H](O)[C@H](O)C3O)cc2)C(O)[C@@H](O)[C@@H]1O. The molecular weight excluding hydrogens is 420 g/mol. The third-order valence-corrected chi connectivity index (χ3v) is 5.29. The van der Waals surface area contributed by atoms with Crippen molar-refractivity contribution in [1.82, 2.24) is 0 Å². The van der Waals surface area contributed by atoms with Crippen LogP contribution < -0.4 is 4.74 Å². The first-order chi connectivity index (χ1) is 14.8. The van der Waals surface area contributed by atoms with Crippen molar-refractivity contribution in [3.05, 3.63) is 29.8 Å². The van der Waals surface area contributed by atoms with Crippen molar-refractivity contribution < 1.29 is 59.8 Å². The van der Waals surface area contributed by atoms with Crippen LogP contribution in [0.15, 0.2) is 24.3 Å². The molecule has 31 heavy (non-hydrogen) atoms. The quantitative estimate of drug-likeness (QED) is 0.203. The number of hydrogen-bond donors (Lipinski definition) is 8. The fourth-order valence-corrected chi connectivity index (χ4v) is 3.35. The lowest BCUT2D eigenvalue weighted by Gasteiger charge is -2.39. The molecule has 3 rings (SSSR count). The average molecular weight is 448 g/mol. The Morgan fingerprint density at radius 1 is 0.645 bits per heavy atom. The third kappa shape index (κ3) is 5.32. The highest BCUT2D eigenvalue weighted by Gasteiger charge is 2.45. The van der Waals surface area contributed by atoms with Gasteiger partial charge in [0.2, 0.25) is 6.29 Å². The van der Waals surface area contributed by atoms with Gasteiger partial charge in [0, 0.05) is 0 Å². The lowest BCUT2D eigenvalue weighted by atomic mass is 9.99. The summed E-state index contributed by atoms with van der Waals surface area (Å²) >= 11 is 0. The molecule has 0 radical (unpaired) electrons. The molecular formula is C19H28O12. The third-order valence-electron chi connectivity index (χ3n) is 5.29. The lowest BCUT2D eigenvalue weighted by molar-refractivity contribution is -0.304. The summed E-state index contributed by atoms with van der Waals surface area (Å²) in [4.78, 5) is 0. The predicted octanol–water partition coefficient (Wildman–Crippen LogP) is -3.82. The minimum Gasteiger partial charge on any atom is -0.462 e. The number of aliphatic hydroxyl groups excluding tert-OH is 8. The summed E-state index contributed by atoms with van der Waals surface area (Å²) in [6, 6.07) is 6.24. The Morgan fingerprint density at radius 2 is 1.13 bits per heavy atom. The second-order valence-electron chi connectivity index (χ2n) is 7.47. The van der Waals surface area contributed by atoms with Crippen LogP contribution in [0, 0.1) is 0 Å². The molecule has 2 aliphatic heterocycles. The van der Waals surface area contributed by atoms with E-state index in [0.29, 0.717) is 5.56 Å². The van der Waals surface area contributed by atoms with Gasteiger partial charge in [-0.2, -0.15) is 0 Å². The van der Waals surface area contributed by atoms with Crippen molar-refractivity contribution in [2.75, 3.05) is 13.2 Å². The molecule has 4 unspecified atom stereocenters. The Kier molecular flexibility index (Phi) is 8.18. The first kappa shape index (κ1) is 24.2. The summed E-state index contributed by atoms with van der Waals surface area (Å²) in [6.07, 6.45) is -13.8. The van der Waals surface area contributed by atoms with Gasteiger partial charge in [-0.25, -0.2) is 0 Å². The number of aliphatic hydroxyl groups is 8. The Hall–Kier alpha value is -1.42. The van der Waals surface area contributed by atoms with Crippen molar-refractivity contribution in [3.63, 3.8) is 0 Å². The topological polar surface area (TPSA) is 199 Å². The molecule has 0 aliphatic carbocycles. The maximum Gasteiger partial charge on any atom is 0.229 e. The summed E-state index contributed by atoms with van der Waals surface area (Å²) in [7, 11) is 0. The first-order valence-electron chi connectivity index (χ1n) is 9.75. The van der Waals surface area contributed by atoms with E-state index in [-0.39, 0.29) is 12.4 Å². The van der Waals surface area contributed by atoms with Gasteiger partial charge in [0.05, 0.1) is 19.8 Å². The van der Waals surface area contributed by atoms with E-state index in [4.69, 9.17) is 18.9 Å². The van der Waals surface area contributed by atoms with E-state index in [1.807, 2.05) is 0 Å². The Morgan fingerprint density at radius 3 is 1.65 bits per heavy atom. The number of benzene rings is 1. The maximum absolute atomic E-state index is 10.0. The lowest BCUT2D eigenvalue weighted by Crippen LogP contribution is -2.60. The van der Waals surface area contributed by atoms with E-state index in [1.165, 1.54) is 12.1 Å². The Bertz CT molecular complexity index is 683.